The van der Waals surface area contributed by atoms with Gasteiger partial charge in [0.15, 0.2) is 6.61 Å². The number of nitrogens with zero attached hydrogens (tertiary/aromatic N) is 1. The molecule has 0 saturated carbocycles. The molecular weight excluding hydrogens is 416 g/mol. The van der Waals surface area contributed by atoms with Crippen LogP contribution in [-0.2, 0) is 19.6 Å². The van der Waals surface area contributed by atoms with E-state index in [-0.39, 0.29) is 16.5 Å². The molecule has 1 N–H and O–H groups in total. The zero-order valence-electron chi connectivity index (χ0n) is 17.6. The van der Waals surface area contributed by atoms with Crippen molar-refractivity contribution in [2.45, 2.75) is 43.5 Å². The largest absolute Gasteiger partial charge is 0.452 e. The first-order valence-corrected chi connectivity index (χ1v) is 11.9. The van der Waals surface area contributed by atoms with Crippen LogP contribution in [0.4, 0.5) is 0 Å². The number of hydrogen-bond donors (Lipinski definition) is 1. The topological polar surface area (TPSA) is 92.8 Å². The zero-order valence-corrected chi connectivity index (χ0v) is 18.4. The van der Waals surface area contributed by atoms with Gasteiger partial charge in [0.25, 0.3) is 5.91 Å². The van der Waals surface area contributed by atoms with Crippen LogP contribution >= 0.6 is 0 Å². The molecule has 7 nitrogen and oxygen atoms in total. The van der Waals surface area contributed by atoms with Crippen LogP contribution < -0.4 is 5.32 Å². The Kier molecular flexibility index (Phi) is 7.81. The second kappa shape index (κ2) is 10.5. The first-order chi connectivity index (χ1) is 14.9. The van der Waals surface area contributed by atoms with E-state index in [1.54, 1.807) is 0 Å². The molecule has 2 aromatic carbocycles. The van der Waals surface area contributed by atoms with E-state index in [1.807, 2.05) is 37.3 Å². The normalized spacial score (nSPS) is 16.2. The summed E-state index contributed by atoms with van der Waals surface area (Å²) < 4.78 is 32.2. The van der Waals surface area contributed by atoms with E-state index >= 15 is 0 Å². The molecule has 0 unspecified atom stereocenters. The van der Waals surface area contributed by atoms with Crippen LogP contribution in [0.3, 0.4) is 0 Å². The smallest absolute Gasteiger partial charge is 0.338 e. The number of nitrogens with one attached hydrogen (secondary N) is 1. The van der Waals surface area contributed by atoms with Crippen LogP contribution in [0.1, 0.15) is 54.6 Å². The van der Waals surface area contributed by atoms with Gasteiger partial charge in [0.05, 0.1) is 16.5 Å². The lowest BCUT2D eigenvalue weighted by Gasteiger charge is -2.20. The summed E-state index contributed by atoms with van der Waals surface area (Å²) in [6.45, 7) is 2.47. The molecule has 8 heteroatoms. The number of carbonyl (C=O) groups excluding carboxylic acids is 2. The fraction of sp³-hybridized carbons (Fsp3) is 0.391. The highest BCUT2D eigenvalue weighted by Gasteiger charge is 2.25. The summed E-state index contributed by atoms with van der Waals surface area (Å²) >= 11 is 0. The summed E-state index contributed by atoms with van der Waals surface area (Å²) in [5, 5.41) is 2.77. The van der Waals surface area contributed by atoms with Crippen molar-refractivity contribution in [2.75, 3.05) is 19.7 Å². The predicted octanol–water partition coefficient (Wildman–Crippen LogP) is 3.29. The van der Waals surface area contributed by atoms with Gasteiger partial charge in [0.2, 0.25) is 10.0 Å². The Bertz CT molecular complexity index is 982. The van der Waals surface area contributed by atoms with Gasteiger partial charge in [-0.25, -0.2) is 13.2 Å². The average Bonchev–Trinajstić information content (AvgIpc) is 3.08. The molecule has 0 aromatic heterocycles. The fourth-order valence-corrected chi connectivity index (χ4v) is 5.03. The quantitative estimate of drug-likeness (QED) is 0.662. The van der Waals surface area contributed by atoms with Gasteiger partial charge >= 0.3 is 5.97 Å². The van der Waals surface area contributed by atoms with Crippen molar-refractivity contribution < 1.29 is 22.7 Å². The van der Waals surface area contributed by atoms with E-state index in [1.165, 1.54) is 28.6 Å². The summed E-state index contributed by atoms with van der Waals surface area (Å²) in [6, 6.07) is 14.9. The minimum absolute atomic E-state index is 0.153. The first-order valence-electron chi connectivity index (χ1n) is 10.5. The van der Waals surface area contributed by atoms with Crippen LogP contribution in [0.15, 0.2) is 59.5 Å². The van der Waals surface area contributed by atoms with Crippen LogP contribution in [0.25, 0.3) is 0 Å². The van der Waals surface area contributed by atoms with Crippen molar-refractivity contribution >= 4 is 21.9 Å². The second-order valence-corrected chi connectivity index (χ2v) is 9.56. The number of esters is 1. The van der Waals surface area contributed by atoms with Gasteiger partial charge in [-0.1, -0.05) is 43.2 Å². The Hall–Kier alpha value is -2.71. The molecule has 31 heavy (non-hydrogen) atoms. The molecule has 0 aliphatic carbocycles. The van der Waals surface area contributed by atoms with Gasteiger partial charge < -0.3 is 10.1 Å². The maximum atomic E-state index is 12.8. The number of ether oxygens (including phenoxy) is 1. The third-order valence-corrected chi connectivity index (χ3v) is 7.22. The maximum absolute atomic E-state index is 12.8. The standard InChI is InChI=1S/C23H28N2O5S/c1-18(19-9-5-4-6-10-19)24-22(26)17-30-23(27)20-11-13-21(14-12-20)31(28,29)25-15-7-2-3-8-16-25/h4-6,9-14,18H,2-3,7-8,15-17H2,1H3,(H,24,26)/t18-/m0/s1. The molecule has 1 amide bonds. The molecule has 166 valence electrons. The molecule has 1 heterocycles. The van der Waals surface area contributed by atoms with Crippen molar-refractivity contribution in [3.8, 4) is 0 Å². The Morgan fingerprint density at radius 3 is 2.19 bits per heavy atom. The number of benzene rings is 2. The van der Waals surface area contributed by atoms with E-state index in [2.05, 4.69) is 5.32 Å². The summed E-state index contributed by atoms with van der Waals surface area (Å²) in [6.07, 6.45) is 3.78. The molecule has 1 fully saturated rings. The molecule has 0 bridgehead atoms. The molecule has 1 aliphatic heterocycles. The van der Waals surface area contributed by atoms with Crippen molar-refractivity contribution in [2.24, 2.45) is 0 Å². The van der Waals surface area contributed by atoms with Gasteiger partial charge in [0, 0.05) is 13.1 Å². The minimum Gasteiger partial charge on any atom is -0.452 e. The summed E-state index contributed by atoms with van der Waals surface area (Å²) in [4.78, 5) is 24.5. The van der Waals surface area contributed by atoms with Crippen molar-refractivity contribution in [1.29, 1.82) is 0 Å². The number of amides is 1. The SMILES string of the molecule is C[C@H](NC(=O)COC(=O)c1ccc(S(=O)(=O)N2CCCCCC2)cc1)c1ccccc1. The minimum atomic E-state index is -3.58. The molecule has 0 spiro atoms. The highest BCUT2D eigenvalue weighted by molar-refractivity contribution is 7.89. The van der Waals surface area contributed by atoms with E-state index in [0.29, 0.717) is 13.1 Å². The Morgan fingerprint density at radius 2 is 1.58 bits per heavy atom. The van der Waals surface area contributed by atoms with Crippen LogP contribution in [0.5, 0.6) is 0 Å². The van der Waals surface area contributed by atoms with Crippen LogP contribution in [0, 0.1) is 0 Å². The zero-order chi connectivity index (χ0) is 22.3. The number of sulfonamides is 1. The van der Waals surface area contributed by atoms with Gasteiger partial charge in [-0.2, -0.15) is 4.31 Å². The van der Waals surface area contributed by atoms with Crippen LogP contribution in [0.2, 0.25) is 0 Å². The highest BCUT2D eigenvalue weighted by Crippen LogP contribution is 2.21. The fourth-order valence-electron chi connectivity index (χ4n) is 3.52. The van der Waals surface area contributed by atoms with Gasteiger partial charge in [-0.15, -0.1) is 0 Å². The first kappa shape index (κ1) is 23.0. The number of hydrogen-bond acceptors (Lipinski definition) is 5. The Labute approximate surface area is 183 Å². The molecule has 1 saturated heterocycles. The molecule has 3 rings (SSSR count). The molecule has 1 aliphatic rings. The van der Waals surface area contributed by atoms with E-state index in [0.717, 1.165) is 31.2 Å². The Balaban J connectivity index is 1.54. The van der Waals surface area contributed by atoms with E-state index in [4.69, 9.17) is 4.74 Å². The Morgan fingerprint density at radius 1 is 0.968 bits per heavy atom. The van der Waals surface area contributed by atoms with E-state index < -0.39 is 28.5 Å². The molecule has 0 radical (unpaired) electrons. The summed E-state index contributed by atoms with van der Waals surface area (Å²) in [7, 11) is -3.58. The molecular formula is C23H28N2O5S. The third-order valence-electron chi connectivity index (χ3n) is 5.30. The lowest BCUT2D eigenvalue weighted by atomic mass is 10.1. The van der Waals surface area contributed by atoms with Gasteiger partial charge in [-0.3, -0.25) is 4.79 Å². The average molecular weight is 445 g/mol. The lowest BCUT2D eigenvalue weighted by molar-refractivity contribution is -0.124. The third kappa shape index (κ3) is 6.15. The van der Waals surface area contributed by atoms with Gasteiger partial charge in [-0.05, 0) is 49.6 Å². The van der Waals surface area contributed by atoms with Crippen molar-refractivity contribution in [1.82, 2.24) is 9.62 Å². The predicted molar refractivity (Wildman–Crippen MR) is 117 cm³/mol. The molecule has 2 aromatic rings. The maximum Gasteiger partial charge on any atom is 0.338 e. The summed E-state index contributed by atoms with van der Waals surface area (Å²) in [5.74, 6) is -1.09. The lowest BCUT2D eigenvalue weighted by Crippen LogP contribution is -2.32. The van der Waals surface area contributed by atoms with Gasteiger partial charge in [0.1, 0.15) is 0 Å². The number of rotatable bonds is 7. The van der Waals surface area contributed by atoms with E-state index in [9.17, 15) is 18.0 Å². The summed E-state index contributed by atoms with van der Waals surface area (Å²) in [5.41, 5.74) is 1.14. The molecule has 1 atom stereocenters. The van der Waals surface area contributed by atoms with Crippen molar-refractivity contribution in [3.05, 3.63) is 65.7 Å². The second-order valence-electron chi connectivity index (χ2n) is 7.62. The number of carbonyl (C=O) groups is 2. The van der Waals surface area contributed by atoms with Crippen molar-refractivity contribution in [3.63, 3.8) is 0 Å². The van der Waals surface area contributed by atoms with Crippen LogP contribution in [-0.4, -0.2) is 44.3 Å². The monoisotopic (exact) mass is 444 g/mol. The highest BCUT2D eigenvalue weighted by atomic mass is 32.2.